The lowest BCUT2D eigenvalue weighted by Gasteiger charge is -2.24. The molecule has 10 heteroatoms. The quantitative estimate of drug-likeness (QED) is 0.584. The van der Waals surface area contributed by atoms with Gasteiger partial charge in [-0.2, -0.15) is 21.6 Å². The molecule has 1 atom stereocenters. The van der Waals surface area contributed by atoms with Crippen molar-refractivity contribution in [2.45, 2.75) is 38.3 Å². The van der Waals surface area contributed by atoms with Gasteiger partial charge in [0.05, 0.1) is 6.61 Å². The molecule has 0 saturated carbocycles. The number of carbonyl (C=O) groups excluding carboxylic acids is 1. The number of hydrogen-bond acceptors (Lipinski definition) is 5. The van der Waals surface area contributed by atoms with Crippen LogP contribution in [0.1, 0.15) is 27.2 Å². The SMILES string of the molecule is CC(C)(C)OC(=O)N1CCC(COS(=O)(=O)C(F)(F)F)C1. The van der Waals surface area contributed by atoms with E-state index >= 15 is 0 Å². The van der Waals surface area contributed by atoms with Crippen LogP contribution in [-0.4, -0.2) is 50.2 Å². The predicted molar refractivity (Wildman–Crippen MR) is 66.8 cm³/mol. The van der Waals surface area contributed by atoms with Gasteiger partial charge in [0.25, 0.3) is 0 Å². The minimum absolute atomic E-state index is 0.0995. The number of hydrogen-bond donors (Lipinski definition) is 0. The molecule has 21 heavy (non-hydrogen) atoms. The van der Waals surface area contributed by atoms with Crippen molar-refractivity contribution in [3.63, 3.8) is 0 Å². The summed E-state index contributed by atoms with van der Waals surface area (Å²) in [6.45, 7) is 4.85. The van der Waals surface area contributed by atoms with Crippen molar-refractivity contribution in [3.8, 4) is 0 Å². The van der Waals surface area contributed by atoms with E-state index < -0.39 is 39.8 Å². The van der Waals surface area contributed by atoms with Gasteiger partial charge >= 0.3 is 21.7 Å². The number of nitrogens with zero attached hydrogens (tertiary/aromatic N) is 1. The second-order valence-electron chi connectivity index (χ2n) is 5.77. The van der Waals surface area contributed by atoms with E-state index in [0.29, 0.717) is 6.42 Å². The van der Waals surface area contributed by atoms with Gasteiger partial charge in [0.2, 0.25) is 0 Å². The van der Waals surface area contributed by atoms with Gasteiger partial charge in [0.15, 0.2) is 0 Å². The number of alkyl halides is 3. The Morgan fingerprint density at radius 1 is 1.29 bits per heavy atom. The molecule has 1 saturated heterocycles. The molecule has 1 heterocycles. The molecular weight excluding hydrogens is 315 g/mol. The maximum atomic E-state index is 12.1. The van der Waals surface area contributed by atoms with E-state index in [2.05, 4.69) is 4.18 Å². The second-order valence-corrected chi connectivity index (χ2v) is 7.37. The molecule has 0 bridgehead atoms. The summed E-state index contributed by atoms with van der Waals surface area (Å²) in [5.74, 6) is -0.477. The van der Waals surface area contributed by atoms with Crippen LogP contribution in [0.5, 0.6) is 0 Å². The predicted octanol–water partition coefficient (Wildman–Crippen LogP) is 2.11. The van der Waals surface area contributed by atoms with Crippen molar-refractivity contribution >= 4 is 16.2 Å². The molecule has 1 aliphatic rings. The number of halogens is 3. The van der Waals surface area contributed by atoms with Gasteiger partial charge in [-0.3, -0.25) is 4.18 Å². The molecule has 0 aromatic rings. The van der Waals surface area contributed by atoms with Crippen LogP contribution < -0.4 is 0 Å². The smallest absolute Gasteiger partial charge is 0.444 e. The minimum atomic E-state index is -5.59. The zero-order chi connectivity index (χ0) is 16.5. The summed E-state index contributed by atoms with van der Waals surface area (Å²) >= 11 is 0. The van der Waals surface area contributed by atoms with Crippen LogP contribution in [0, 0.1) is 5.92 Å². The Hall–Kier alpha value is -1.03. The third-order valence-electron chi connectivity index (χ3n) is 2.68. The average molecular weight is 333 g/mol. The third-order valence-corrected chi connectivity index (χ3v) is 3.69. The van der Waals surface area contributed by atoms with Gasteiger partial charge < -0.3 is 9.64 Å². The molecule has 0 N–H and O–H groups in total. The molecule has 1 rings (SSSR count). The maximum Gasteiger partial charge on any atom is 0.523 e. The Kier molecular flexibility index (Phi) is 5.14. The van der Waals surface area contributed by atoms with Crippen molar-refractivity contribution in [1.29, 1.82) is 0 Å². The Morgan fingerprint density at radius 3 is 2.33 bits per heavy atom. The van der Waals surface area contributed by atoms with Gasteiger partial charge in [-0.1, -0.05) is 0 Å². The molecule has 6 nitrogen and oxygen atoms in total. The lowest BCUT2D eigenvalue weighted by molar-refractivity contribution is -0.0550. The standard InChI is InChI=1S/C11H18F3NO5S/c1-10(2,3)20-9(16)15-5-4-8(6-15)7-19-21(17,18)11(12,13)14/h8H,4-7H2,1-3H3. The maximum absolute atomic E-state index is 12.1. The van der Waals surface area contributed by atoms with Crippen LogP contribution in [0.4, 0.5) is 18.0 Å². The first-order chi connectivity index (χ1) is 9.32. The lowest BCUT2D eigenvalue weighted by Crippen LogP contribution is -2.35. The van der Waals surface area contributed by atoms with E-state index in [9.17, 15) is 26.4 Å². The van der Waals surface area contributed by atoms with Crippen molar-refractivity contribution in [1.82, 2.24) is 4.90 Å². The van der Waals surface area contributed by atoms with E-state index in [1.54, 1.807) is 20.8 Å². The number of amides is 1. The number of ether oxygens (including phenoxy) is 1. The highest BCUT2D eigenvalue weighted by molar-refractivity contribution is 7.87. The number of carbonyl (C=O) groups is 1. The summed E-state index contributed by atoms with van der Waals surface area (Å²) < 4.78 is 66.9. The molecular formula is C11H18F3NO5S. The monoisotopic (exact) mass is 333 g/mol. The fraction of sp³-hybridized carbons (Fsp3) is 0.909. The van der Waals surface area contributed by atoms with E-state index in [0.717, 1.165) is 0 Å². The van der Waals surface area contributed by atoms with Gasteiger partial charge in [0.1, 0.15) is 5.60 Å². The van der Waals surface area contributed by atoms with Crippen LogP contribution in [0.2, 0.25) is 0 Å². The highest BCUT2D eigenvalue weighted by Crippen LogP contribution is 2.26. The molecule has 1 unspecified atom stereocenters. The first kappa shape index (κ1) is 18.0. The summed E-state index contributed by atoms with van der Waals surface area (Å²) in [6, 6.07) is 0. The Labute approximate surface area is 121 Å². The summed E-state index contributed by atoms with van der Waals surface area (Å²) in [6.07, 6.45) is -0.226. The molecule has 0 radical (unpaired) electrons. The van der Waals surface area contributed by atoms with Crippen LogP contribution >= 0.6 is 0 Å². The summed E-state index contributed by atoms with van der Waals surface area (Å²) in [5, 5.41) is 0. The topological polar surface area (TPSA) is 72.9 Å². The molecule has 0 aromatic carbocycles. The van der Waals surface area contributed by atoms with E-state index in [1.165, 1.54) is 4.90 Å². The molecule has 0 aromatic heterocycles. The van der Waals surface area contributed by atoms with Crippen molar-refractivity contribution in [2.75, 3.05) is 19.7 Å². The average Bonchev–Trinajstić information content (AvgIpc) is 2.71. The Balaban J connectivity index is 2.48. The van der Waals surface area contributed by atoms with Crippen molar-refractivity contribution in [3.05, 3.63) is 0 Å². The van der Waals surface area contributed by atoms with Gasteiger partial charge in [-0.25, -0.2) is 4.79 Å². The Morgan fingerprint density at radius 2 is 1.86 bits per heavy atom. The second kappa shape index (κ2) is 5.99. The lowest BCUT2D eigenvalue weighted by atomic mass is 10.1. The summed E-state index contributed by atoms with van der Waals surface area (Å²) in [5.41, 5.74) is -6.11. The number of likely N-dealkylation sites (tertiary alicyclic amines) is 1. The minimum Gasteiger partial charge on any atom is -0.444 e. The normalized spacial score (nSPS) is 20.7. The third kappa shape index (κ3) is 5.34. The molecule has 124 valence electrons. The van der Waals surface area contributed by atoms with Gasteiger partial charge in [0, 0.05) is 19.0 Å². The van der Waals surface area contributed by atoms with Crippen LogP contribution in [0.15, 0.2) is 0 Å². The van der Waals surface area contributed by atoms with Crippen LogP contribution in [0.25, 0.3) is 0 Å². The van der Waals surface area contributed by atoms with E-state index in [-0.39, 0.29) is 13.1 Å². The van der Waals surface area contributed by atoms with Crippen molar-refractivity contribution in [2.24, 2.45) is 5.92 Å². The summed E-state index contributed by atoms with van der Waals surface area (Å²) in [4.78, 5) is 13.1. The first-order valence-electron chi connectivity index (χ1n) is 6.25. The molecule has 0 spiro atoms. The molecule has 1 amide bonds. The molecule has 1 fully saturated rings. The van der Waals surface area contributed by atoms with E-state index in [4.69, 9.17) is 4.74 Å². The first-order valence-corrected chi connectivity index (χ1v) is 7.66. The van der Waals surface area contributed by atoms with Crippen molar-refractivity contribution < 1.29 is 35.3 Å². The van der Waals surface area contributed by atoms with Crippen LogP contribution in [-0.2, 0) is 19.0 Å². The highest BCUT2D eigenvalue weighted by atomic mass is 32.2. The summed E-state index contributed by atoms with van der Waals surface area (Å²) in [7, 11) is -5.59. The Bertz CT molecular complexity index is 483. The fourth-order valence-electron chi connectivity index (χ4n) is 1.71. The fourth-order valence-corrected chi connectivity index (χ4v) is 2.22. The molecule has 0 aliphatic carbocycles. The largest absolute Gasteiger partial charge is 0.523 e. The zero-order valence-corrected chi connectivity index (χ0v) is 12.8. The van der Waals surface area contributed by atoms with Crippen LogP contribution in [0.3, 0.4) is 0 Å². The van der Waals surface area contributed by atoms with Gasteiger partial charge in [-0.15, -0.1) is 0 Å². The number of rotatable bonds is 3. The molecule has 1 aliphatic heterocycles. The zero-order valence-electron chi connectivity index (χ0n) is 11.9. The highest BCUT2D eigenvalue weighted by Gasteiger charge is 2.47. The van der Waals surface area contributed by atoms with Gasteiger partial charge in [-0.05, 0) is 27.2 Å². The van der Waals surface area contributed by atoms with E-state index in [1.807, 2.05) is 0 Å².